The fraction of sp³-hybridized carbons (Fsp3) is 0.900. The summed E-state index contributed by atoms with van der Waals surface area (Å²) < 4.78 is 4.95. The molecule has 86 valence electrons. The van der Waals surface area contributed by atoms with E-state index in [0.717, 1.165) is 45.6 Å². The van der Waals surface area contributed by atoms with Gasteiger partial charge in [0.05, 0.1) is 6.54 Å². The summed E-state index contributed by atoms with van der Waals surface area (Å²) in [5.74, 6) is 0. The van der Waals surface area contributed by atoms with Crippen LogP contribution in [0.5, 0.6) is 0 Å². The van der Waals surface area contributed by atoms with E-state index >= 15 is 0 Å². The van der Waals surface area contributed by atoms with Crippen molar-refractivity contribution in [1.29, 1.82) is 0 Å². The molecule has 2 heterocycles. The molecular formula is C10H19N3O2. The molecular weight excluding hydrogens is 194 g/mol. The summed E-state index contributed by atoms with van der Waals surface area (Å²) in [4.78, 5) is 15.6. The molecule has 2 saturated heterocycles. The van der Waals surface area contributed by atoms with Gasteiger partial charge < -0.3 is 20.3 Å². The van der Waals surface area contributed by atoms with Crippen molar-refractivity contribution in [3.05, 3.63) is 0 Å². The van der Waals surface area contributed by atoms with Gasteiger partial charge in [0.25, 0.3) is 0 Å². The molecule has 5 heteroatoms. The quantitative estimate of drug-likeness (QED) is 0.709. The lowest BCUT2D eigenvalue weighted by Crippen LogP contribution is -2.46. The van der Waals surface area contributed by atoms with Crippen molar-refractivity contribution in [3.8, 4) is 0 Å². The van der Waals surface area contributed by atoms with E-state index in [-0.39, 0.29) is 6.09 Å². The van der Waals surface area contributed by atoms with Crippen molar-refractivity contribution in [2.24, 2.45) is 5.73 Å². The predicted molar refractivity (Wildman–Crippen MR) is 56.6 cm³/mol. The smallest absolute Gasteiger partial charge is 0.410 e. The summed E-state index contributed by atoms with van der Waals surface area (Å²) in [6, 6.07) is 0.383. The molecule has 2 rings (SSSR count). The highest BCUT2D eigenvalue weighted by Crippen LogP contribution is 2.19. The molecule has 0 unspecified atom stereocenters. The van der Waals surface area contributed by atoms with Crippen molar-refractivity contribution in [2.75, 3.05) is 39.3 Å². The van der Waals surface area contributed by atoms with Crippen LogP contribution in [0, 0.1) is 0 Å². The van der Waals surface area contributed by atoms with Crippen LogP contribution in [-0.2, 0) is 4.74 Å². The Balaban J connectivity index is 1.80. The van der Waals surface area contributed by atoms with Gasteiger partial charge in [-0.25, -0.2) is 4.79 Å². The predicted octanol–water partition coefficient (Wildman–Crippen LogP) is -0.138. The molecule has 1 amide bonds. The van der Waals surface area contributed by atoms with Crippen LogP contribution in [0.15, 0.2) is 0 Å². The molecule has 0 atom stereocenters. The first-order valence-electron chi connectivity index (χ1n) is 5.67. The molecule has 0 bridgehead atoms. The van der Waals surface area contributed by atoms with E-state index in [1.165, 1.54) is 0 Å². The average Bonchev–Trinajstić information content (AvgIpc) is 2.66. The maximum atomic E-state index is 11.4. The van der Waals surface area contributed by atoms with Gasteiger partial charge in [-0.2, -0.15) is 0 Å². The Kier molecular flexibility index (Phi) is 3.43. The lowest BCUT2D eigenvalue weighted by Gasteiger charge is -2.35. The summed E-state index contributed by atoms with van der Waals surface area (Å²) in [5.41, 5.74) is 5.51. The maximum Gasteiger partial charge on any atom is 0.410 e. The number of ether oxygens (including phenoxy) is 1. The van der Waals surface area contributed by atoms with Gasteiger partial charge >= 0.3 is 6.09 Å². The van der Waals surface area contributed by atoms with E-state index in [9.17, 15) is 4.79 Å². The Labute approximate surface area is 90.1 Å². The third-order valence-corrected chi connectivity index (χ3v) is 3.24. The van der Waals surface area contributed by atoms with E-state index < -0.39 is 0 Å². The Hall–Kier alpha value is -0.810. The van der Waals surface area contributed by atoms with Crippen LogP contribution < -0.4 is 5.73 Å². The molecule has 0 aromatic heterocycles. The topological polar surface area (TPSA) is 58.8 Å². The number of hydrogen-bond donors (Lipinski definition) is 1. The molecule has 0 saturated carbocycles. The van der Waals surface area contributed by atoms with Crippen molar-refractivity contribution >= 4 is 6.09 Å². The third kappa shape index (κ3) is 2.41. The van der Waals surface area contributed by atoms with Gasteiger partial charge in [-0.3, -0.25) is 0 Å². The SMILES string of the molecule is NCCN1CCC(N2CCOC2=O)CC1. The number of hydrogen-bond acceptors (Lipinski definition) is 4. The van der Waals surface area contributed by atoms with Crippen LogP contribution in [0.25, 0.3) is 0 Å². The molecule has 15 heavy (non-hydrogen) atoms. The van der Waals surface area contributed by atoms with Crippen LogP contribution in [0.4, 0.5) is 4.79 Å². The summed E-state index contributed by atoms with van der Waals surface area (Å²) in [6.07, 6.45) is 1.97. The number of amides is 1. The number of nitrogens with zero attached hydrogens (tertiary/aromatic N) is 2. The zero-order valence-corrected chi connectivity index (χ0v) is 9.02. The molecule has 0 aromatic rings. The fourth-order valence-electron chi connectivity index (χ4n) is 2.37. The number of cyclic esters (lactones) is 1. The number of rotatable bonds is 3. The Morgan fingerprint density at radius 3 is 2.60 bits per heavy atom. The van der Waals surface area contributed by atoms with Crippen molar-refractivity contribution in [2.45, 2.75) is 18.9 Å². The highest BCUT2D eigenvalue weighted by atomic mass is 16.6. The highest BCUT2D eigenvalue weighted by molar-refractivity contribution is 5.69. The van der Waals surface area contributed by atoms with E-state index in [4.69, 9.17) is 10.5 Å². The second kappa shape index (κ2) is 4.81. The van der Waals surface area contributed by atoms with E-state index in [0.29, 0.717) is 12.6 Å². The van der Waals surface area contributed by atoms with Gasteiger partial charge in [0.2, 0.25) is 0 Å². The molecule has 2 N–H and O–H groups in total. The first kappa shape index (κ1) is 10.7. The minimum Gasteiger partial charge on any atom is -0.448 e. The van der Waals surface area contributed by atoms with Gasteiger partial charge in [-0.05, 0) is 12.8 Å². The Morgan fingerprint density at radius 2 is 2.07 bits per heavy atom. The molecule has 0 radical (unpaired) electrons. The second-order valence-corrected chi connectivity index (χ2v) is 4.17. The van der Waals surface area contributed by atoms with E-state index in [1.807, 2.05) is 4.90 Å². The summed E-state index contributed by atoms with van der Waals surface area (Å²) in [6.45, 7) is 5.10. The monoisotopic (exact) mass is 213 g/mol. The molecule has 0 spiro atoms. The van der Waals surface area contributed by atoms with Crippen LogP contribution in [-0.4, -0.2) is 61.3 Å². The standard InChI is InChI=1S/C10H19N3O2/c11-3-6-12-4-1-9(2-5-12)13-7-8-15-10(13)14/h9H,1-8,11H2. The van der Waals surface area contributed by atoms with Gasteiger partial charge in [0, 0.05) is 32.2 Å². The minimum atomic E-state index is -0.132. The lowest BCUT2D eigenvalue weighted by molar-refractivity contribution is 0.119. The van der Waals surface area contributed by atoms with Crippen molar-refractivity contribution in [1.82, 2.24) is 9.80 Å². The molecule has 2 aliphatic heterocycles. The molecule has 5 nitrogen and oxygen atoms in total. The van der Waals surface area contributed by atoms with Crippen molar-refractivity contribution in [3.63, 3.8) is 0 Å². The van der Waals surface area contributed by atoms with Gasteiger partial charge in [-0.1, -0.05) is 0 Å². The number of carbonyl (C=O) groups is 1. The summed E-state index contributed by atoms with van der Waals surface area (Å²) in [7, 11) is 0. The third-order valence-electron chi connectivity index (χ3n) is 3.24. The maximum absolute atomic E-state index is 11.4. The molecule has 2 aliphatic rings. The number of nitrogens with two attached hydrogens (primary N) is 1. The van der Waals surface area contributed by atoms with Gasteiger partial charge in [0.15, 0.2) is 0 Å². The number of carbonyl (C=O) groups excluding carboxylic acids is 1. The normalized spacial score (nSPS) is 24.6. The second-order valence-electron chi connectivity index (χ2n) is 4.17. The van der Waals surface area contributed by atoms with Crippen LogP contribution in [0.3, 0.4) is 0 Å². The van der Waals surface area contributed by atoms with Crippen LogP contribution in [0.1, 0.15) is 12.8 Å². The zero-order chi connectivity index (χ0) is 10.7. The molecule has 0 aromatic carbocycles. The number of piperidine rings is 1. The van der Waals surface area contributed by atoms with E-state index in [2.05, 4.69) is 4.90 Å². The lowest BCUT2D eigenvalue weighted by atomic mass is 10.0. The first-order chi connectivity index (χ1) is 7.31. The minimum absolute atomic E-state index is 0.132. The average molecular weight is 213 g/mol. The highest BCUT2D eigenvalue weighted by Gasteiger charge is 2.31. The fourth-order valence-corrected chi connectivity index (χ4v) is 2.37. The van der Waals surface area contributed by atoms with Crippen LogP contribution >= 0.6 is 0 Å². The van der Waals surface area contributed by atoms with Gasteiger partial charge in [0.1, 0.15) is 6.61 Å². The summed E-state index contributed by atoms with van der Waals surface area (Å²) in [5, 5.41) is 0. The zero-order valence-electron chi connectivity index (χ0n) is 9.02. The first-order valence-corrected chi connectivity index (χ1v) is 5.67. The molecule has 2 fully saturated rings. The van der Waals surface area contributed by atoms with E-state index in [1.54, 1.807) is 0 Å². The largest absolute Gasteiger partial charge is 0.448 e. The van der Waals surface area contributed by atoms with Crippen molar-refractivity contribution < 1.29 is 9.53 Å². The van der Waals surface area contributed by atoms with Crippen LogP contribution in [0.2, 0.25) is 0 Å². The molecule has 0 aliphatic carbocycles. The number of likely N-dealkylation sites (tertiary alicyclic amines) is 1. The summed E-state index contributed by atoms with van der Waals surface area (Å²) >= 11 is 0. The van der Waals surface area contributed by atoms with Gasteiger partial charge in [-0.15, -0.1) is 0 Å². The Bertz CT molecular complexity index is 227. The Morgan fingerprint density at radius 1 is 1.33 bits per heavy atom.